The Balaban J connectivity index is 4.83. The van der Waals surface area contributed by atoms with Crippen molar-refractivity contribution < 1.29 is 39.5 Å². The van der Waals surface area contributed by atoms with Crippen LogP contribution in [0.5, 0.6) is 0 Å². The van der Waals surface area contributed by atoms with Gasteiger partial charge in [-0.2, -0.15) is 0 Å². The first kappa shape index (κ1) is 19.9. The van der Waals surface area contributed by atoms with Gasteiger partial charge in [0.2, 0.25) is 0 Å². The van der Waals surface area contributed by atoms with Gasteiger partial charge in [0.1, 0.15) is 12.2 Å². The number of unbranched alkanes of at least 4 members (excludes halogenated alkanes) is 2. The average molecular weight is 316 g/mol. The number of ether oxygens (including phenoxy) is 1. The quantitative estimate of drug-likeness (QED) is 0.214. The van der Waals surface area contributed by atoms with E-state index < -0.39 is 45.0 Å². The minimum Gasteiger partial charge on any atom is -0.394 e. The Kier molecular flexibility index (Phi) is 9.78. The molecule has 0 heterocycles. The number of rotatable bonds is 11. The molecule has 0 aliphatic rings. The number of aliphatic hydroxyl groups is 4. The molecule has 0 aromatic heterocycles. The molecule has 0 aromatic carbocycles. The molecule has 6 N–H and O–H groups in total. The monoisotopic (exact) mass is 316 g/mol. The van der Waals surface area contributed by atoms with Gasteiger partial charge in [-0.05, 0) is 6.42 Å². The first-order chi connectivity index (χ1) is 9.27. The summed E-state index contributed by atoms with van der Waals surface area (Å²) in [7, 11) is -4.82. The number of aliphatic hydroxyl groups excluding tert-OH is 4. The van der Waals surface area contributed by atoms with Gasteiger partial charge < -0.3 is 34.9 Å². The highest BCUT2D eigenvalue weighted by atomic mass is 31.2. The lowest BCUT2D eigenvalue weighted by Gasteiger charge is -2.30. The van der Waals surface area contributed by atoms with Gasteiger partial charge in [0.05, 0.1) is 19.3 Å². The largest absolute Gasteiger partial charge is 0.394 e. The first-order valence-electron chi connectivity index (χ1n) is 6.56. The maximum atomic E-state index is 11.3. The van der Waals surface area contributed by atoms with Crippen molar-refractivity contribution in [3.63, 3.8) is 0 Å². The van der Waals surface area contributed by atoms with Gasteiger partial charge >= 0.3 is 7.60 Å². The van der Waals surface area contributed by atoms with Gasteiger partial charge in [0.25, 0.3) is 0 Å². The van der Waals surface area contributed by atoms with Gasteiger partial charge in [-0.25, -0.2) is 0 Å². The van der Waals surface area contributed by atoms with Gasteiger partial charge in [0, 0.05) is 0 Å². The molecular formula is C11H25O8P. The molecule has 0 bridgehead atoms. The fourth-order valence-electron chi connectivity index (χ4n) is 1.73. The Hall–Kier alpha value is -0.0500. The summed E-state index contributed by atoms with van der Waals surface area (Å²) in [4.78, 5) is 18.2. The van der Waals surface area contributed by atoms with E-state index in [-0.39, 0.29) is 6.42 Å². The van der Waals surface area contributed by atoms with E-state index in [0.717, 1.165) is 12.8 Å². The van der Waals surface area contributed by atoms with Gasteiger partial charge in [-0.1, -0.05) is 26.2 Å². The van der Waals surface area contributed by atoms with E-state index >= 15 is 0 Å². The Bertz CT molecular complexity index is 294. The third-order valence-electron chi connectivity index (χ3n) is 2.87. The minimum atomic E-state index is -4.82. The normalized spacial score (nSPS) is 18.6. The molecule has 122 valence electrons. The Labute approximate surface area is 118 Å². The van der Waals surface area contributed by atoms with Crippen LogP contribution in [0.1, 0.15) is 32.6 Å². The predicted octanol–water partition coefficient (Wildman–Crippen LogP) is -0.838. The highest BCUT2D eigenvalue weighted by Crippen LogP contribution is 2.44. The molecule has 0 spiro atoms. The van der Waals surface area contributed by atoms with Crippen LogP contribution < -0.4 is 0 Å². The maximum Gasteiger partial charge on any atom is 0.356 e. The Morgan fingerprint density at radius 1 is 1.05 bits per heavy atom. The van der Waals surface area contributed by atoms with E-state index in [0.29, 0.717) is 6.42 Å². The van der Waals surface area contributed by atoms with Crippen LogP contribution in [0.15, 0.2) is 0 Å². The van der Waals surface area contributed by atoms with Crippen molar-refractivity contribution in [3.8, 4) is 0 Å². The van der Waals surface area contributed by atoms with E-state index in [2.05, 4.69) is 0 Å². The van der Waals surface area contributed by atoms with E-state index in [1.165, 1.54) is 0 Å². The first-order valence-corrected chi connectivity index (χ1v) is 8.24. The van der Waals surface area contributed by atoms with E-state index in [9.17, 15) is 14.8 Å². The van der Waals surface area contributed by atoms with Crippen LogP contribution >= 0.6 is 7.60 Å². The summed E-state index contributed by atoms with van der Waals surface area (Å²) >= 11 is 0. The zero-order chi connectivity index (χ0) is 15.8. The lowest BCUT2D eigenvalue weighted by molar-refractivity contribution is -0.113. The van der Waals surface area contributed by atoms with Crippen LogP contribution in [0.3, 0.4) is 0 Å². The summed E-state index contributed by atoms with van der Waals surface area (Å²) in [6.45, 7) is 0.457. The predicted molar refractivity (Wildman–Crippen MR) is 71.0 cm³/mol. The topological polar surface area (TPSA) is 148 Å². The fraction of sp³-hybridized carbons (Fsp3) is 1.00. The van der Waals surface area contributed by atoms with Crippen molar-refractivity contribution in [2.75, 3.05) is 13.2 Å². The van der Waals surface area contributed by atoms with Crippen molar-refractivity contribution >= 4 is 7.60 Å². The zero-order valence-corrected chi connectivity index (χ0v) is 12.4. The van der Waals surface area contributed by atoms with Crippen molar-refractivity contribution in [2.24, 2.45) is 0 Å². The van der Waals surface area contributed by atoms with Crippen molar-refractivity contribution in [1.29, 1.82) is 0 Å². The highest BCUT2D eigenvalue weighted by molar-refractivity contribution is 7.52. The van der Waals surface area contributed by atoms with Crippen molar-refractivity contribution in [3.05, 3.63) is 0 Å². The summed E-state index contributed by atoms with van der Waals surface area (Å²) in [5.74, 6) is -1.93. The summed E-state index contributed by atoms with van der Waals surface area (Å²) in [6.07, 6.45) is -1.44. The molecule has 0 rings (SSSR count). The third kappa shape index (κ3) is 7.10. The average Bonchev–Trinajstić information content (AvgIpc) is 2.39. The molecule has 0 fully saturated rings. The lowest BCUT2D eigenvalue weighted by Crippen LogP contribution is -2.41. The smallest absolute Gasteiger partial charge is 0.356 e. The highest BCUT2D eigenvalue weighted by Gasteiger charge is 2.39. The number of hydrogen-bond acceptors (Lipinski definition) is 6. The molecule has 0 aliphatic heterocycles. The lowest BCUT2D eigenvalue weighted by atomic mass is 10.1. The summed E-state index contributed by atoms with van der Waals surface area (Å²) in [6, 6.07) is 0. The molecule has 9 heteroatoms. The standard InChI is InChI=1S/C11H25O8P/c1-2-3-4-5-10(8(14)6-12)19-11(9(15)7-13)20(16,17)18/h8-15H,2-7H2,1H3,(H2,16,17,18)/t8-,9?,10?,11-/m0/s1. The molecular weight excluding hydrogens is 291 g/mol. The minimum absolute atomic E-state index is 0.282. The molecule has 0 amide bonds. The zero-order valence-electron chi connectivity index (χ0n) is 11.5. The molecule has 0 saturated heterocycles. The molecule has 0 aromatic rings. The van der Waals surface area contributed by atoms with Gasteiger partial charge in [-0.3, -0.25) is 4.57 Å². The van der Waals surface area contributed by atoms with Gasteiger partial charge in [-0.15, -0.1) is 0 Å². The molecule has 0 aliphatic carbocycles. The molecule has 0 saturated carbocycles. The SMILES string of the molecule is CCCCCC(O[C@H](C(O)CO)P(=O)(O)O)[C@@H](O)CO. The molecule has 20 heavy (non-hydrogen) atoms. The molecule has 4 atom stereocenters. The Morgan fingerprint density at radius 3 is 2.00 bits per heavy atom. The van der Waals surface area contributed by atoms with Crippen LogP contribution in [0, 0.1) is 0 Å². The molecule has 2 unspecified atom stereocenters. The Morgan fingerprint density at radius 2 is 1.60 bits per heavy atom. The number of hydrogen-bond donors (Lipinski definition) is 6. The molecule has 8 nitrogen and oxygen atoms in total. The summed E-state index contributed by atoms with van der Waals surface area (Å²) in [5, 5.41) is 36.8. The summed E-state index contributed by atoms with van der Waals surface area (Å²) in [5.41, 5.74) is 0. The van der Waals surface area contributed by atoms with Crippen molar-refractivity contribution in [2.45, 2.75) is 56.8 Å². The van der Waals surface area contributed by atoms with Crippen LogP contribution in [-0.4, -0.2) is 67.6 Å². The summed E-state index contributed by atoms with van der Waals surface area (Å²) < 4.78 is 16.3. The third-order valence-corrected chi connectivity index (χ3v) is 4.00. The maximum absolute atomic E-state index is 11.3. The van der Waals surface area contributed by atoms with E-state index in [1.54, 1.807) is 0 Å². The second-order valence-electron chi connectivity index (χ2n) is 4.65. The second-order valence-corrected chi connectivity index (χ2v) is 6.34. The van der Waals surface area contributed by atoms with E-state index in [4.69, 9.17) is 24.7 Å². The second kappa shape index (κ2) is 9.81. The molecule has 0 radical (unpaired) electrons. The van der Waals surface area contributed by atoms with Crippen LogP contribution in [0.2, 0.25) is 0 Å². The van der Waals surface area contributed by atoms with Gasteiger partial charge in [0.15, 0.2) is 5.85 Å². The van der Waals surface area contributed by atoms with Crippen LogP contribution in [0.4, 0.5) is 0 Å². The van der Waals surface area contributed by atoms with Crippen LogP contribution in [0.25, 0.3) is 0 Å². The fourth-order valence-corrected chi connectivity index (χ4v) is 2.59. The van der Waals surface area contributed by atoms with Crippen molar-refractivity contribution in [1.82, 2.24) is 0 Å². The van der Waals surface area contributed by atoms with Crippen LogP contribution in [-0.2, 0) is 9.30 Å². The van der Waals surface area contributed by atoms with E-state index in [1.807, 2.05) is 6.92 Å².